The second-order valence-electron chi connectivity index (χ2n) is 4.44. The standard InChI is InChI=1S/C11H16N2O3S/c1-2-4-13-8-12-6-10(13)11(14)9-3-5-17(15,16)7-9/h6,8-9H,2-5,7H2,1H3. The molecule has 0 radical (unpaired) electrons. The third kappa shape index (κ3) is 2.57. The number of carbonyl (C=O) groups excluding carboxylic acids is 1. The molecule has 5 nitrogen and oxygen atoms in total. The zero-order chi connectivity index (χ0) is 12.5. The molecule has 1 saturated heterocycles. The number of imidazole rings is 1. The molecule has 0 aliphatic carbocycles. The Labute approximate surface area is 101 Å². The highest BCUT2D eigenvalue weighted by molar-refractivity contribution is 7.91. The van der Waals surface area contributed by atoms with Crippen LogP contribution in [-0.4, -0.2) is 35.3 Å². The van der Waals surface area contributed by atoms with E-state index in [1.807, 2.05) is 6.92 Å². The van der Waals surface area contributed by atoms with Crippen molar-refractivity contribution in [2.45, 2.75) is 26.3 Å². The van der Waals surface area contributed by atoms with Gasteiger partial charge in [-0.25, -0.2) is 13.4 Å². The highest BCUT2D eigenvalue weighted by Crippen LogP contribution is 2.22. The fourth-order valence-corrected chi connectivity index (χ4v) is 3.90. The van der Waals surface area contributed by atoms with Gasteiger partial charge in [-0.3, -0.25) is 4.79 Å². The zero-order valence-corrected chi connectivity index (χ0v) is 10.6. The average molecular weight is 256 g/mol. The number of ketones is 1. The zero-order valence-electron chi connectivity index (χ0n) is 9.80. The van der Waals surface area contributed by atoms with Gasteiger partial charge in [0.1, 0.15) is 5.69 Å². The largest absolute Gasteiger partial charge is 0.328 e. The van der Waals surface area contributed by atoms with Crippen LogP contribution in [0.15, 0.2) is 12.5 Å². The molecule has 1 unspecified atom stereocenters. The van der Waals surface area contributed by atoms with E-state index in [0.717, 1.165) is 13.0 Å². The molecule has 1 aromatic heterocycles. The minimum atomic E-state index is -3.01. The Morgan fingerprint density at radius 3 is 2.94 bits per heavy atom. The van der Waals surface area contributed by atoms with Crippen molar-refractivity contribution in [2.75, 3.05) is 11.5 Å². The monoisotopic (exact) mass is 256 g/mol. The summed E-state index contributed by atoms with van der Waals surface area (Å²) in [5, 5.41) is 0. The Bertz CT molecular complexity index is 519. The highest BCUT2D eigenvalue weighted by atomic mass is 32.2. The molecule has 0 bridgehead atoms. The van der Waals surface area contributed by atoms with Gasteiger partial charge in [-0.2, -0.15) is 0 Å². The van der Waals surface area contributed by atoms with Crippen molar-refractivity contribution in [1.29, 1.82) is 0 Å². The van der Waals surface area contributed by atoms with Gasteiger partial charge in [-0.05, 0) is 12.8 Å². The van der Waals surface area contributed by atoms with Gasteiger partial charge in [0.05, 0.1) is 24.0 Å². The van der Waals surface area contributed by atoms with E-state index in [9.17, 15) is 13.2 Å². The van der Waals surface area contributed by atoms with Gasteiger partial charge in [-0.15, -0.1) is 0 Å². The van der Waals surface area contributed by atoms with Crippen LogP contribution in [0.2, 0.25) is 0 Å². The quantitative estimate of drug-likeness (QED) is 0.751. The van der Waals surface area contributed by atoms with Crippen LogP contribution in [0.3, 0.4) is 0 Å². The summed E-state index contributed by atoms with van der Waals surface area (Å²) in [5.41, 5.74) is 0.536. The van der Waals surface area contributed by atoms with E-state index in [1.165, 1.54) is 6.20 Å². The van der Waals surface area contributed by atoms with Crippen molar-refractivity contribution in [3.8, 4) is 0 Å². The molecule has 1 aliphatic heterocycles. The molecule has 6 heteroatoms. The van der Waals surface area contributed by atoms with E-state index in [1.54, 1.807) is 10.9 Å². The first-order valence-corrected chi connectivity index (χ1v) is 7.60. The fraction of sp³-hybridized carbons (Fsp3) is 0.636. The highest BCUT2D eigenvalue weighted by Gasteiger charge is 2.34. The van der Waals surface area contributed by atoms with Crippen molar-refractivity contribution < 1.29 is 13.2 Å². The van der Waals surface area contributed by atoms with Crippen molar-refractivity contribution in [2.24, 2.45) is 5.92 Å². The molecule has 0 N–H and O–H groups in total. The normalized spacial score (nSPS) is 22.8. The molecule has 17 heavy (non-hydrogen) atoms. The number of aryl methyl sites for hydroxylation is 1. The number of nitrogens with zero attached hydrogens (tertiary/aromatic N) is 2. The lowest BCUT2D eigenvalue weighted by atomic mass is 10.0. The van der Waals surface area contributed by atoms with Crippen molar-refractivity contribution in [1.82, 2.24) is 9.55 Å². The SMILES string of the molecule is CCCn1cncc1C(=O)C1CCS(=O)(=O)C1. The summed E-state index contributed by atoms with van der Waals surface area (Å²) >= 11 is 0. The van der Waals surface area contributed by atoms with Gasteiger partial charge in [-0.1, -0.05) is 6.92 Å². The summed E-state index contributed by atoms with van der Waals surface area (Å²) in [4.78, 5) is 16.1. The maximum atomic E-state index is 12.2. The molecule has 0 aromatic carbocycles. The second-order valence-corrected chi connectivity index (χ2v) is 6.67. The predicted molar refractivity (Wildman–Crippen MR) is 63.6 cm³/mol. The molecule has 1 aliphatic rings. The number of Topliss-reactive ketones (excluding diaryl/α,β-unsaturated/α-hetero) is 1. The first-order chi connectivity index (χ1) is 8.03. The van der Waals surface area contributed by atoms with Crippen LogP contribution in [0.25, 0.3) is 0 Å². The predicted octanol–water partition coefficient (Wildman–Crippen LogP) is 0.911. The van der Waals surface area contributed by atoms with Gasteiger partial charge in [0, 0.05) is 12.5 Å². The molecule has 2 rings (SSSR count). The number of hydrogen-bond acceptors (Lipinski definition) is 4. The van der Waals surface area contributed by atoms with E-state index < -0.39 is 9.84 Å². The van der Waals surface area contributed by atoms with Gasteiger partial charge in [0.25, 0.3) is 0 Å². The van der Waals surface area contributed by atoms with E-state index in [4.69, 9.17) is 0 Å². The lowest BCUT2D eigenvalue weighted by Gasteiger charge is -2.09. The molecule has 2 heterocycles. The molecular weight excluding hydrogens is 240 g/mol. The average Bonchev–Trinajstić information content (AvgIpc) is 2.84. The van der Waals surface area contributed by atoms with Crippen LogP contribution in [0.4, 0.5) is 0 Å². The van der Waals surface area contributed by atoms with Gasteiger partial charge >= 0.3 is 0 Å². The maximum absolute atomic E-state index is 12.2. The van der Waals surface area contributed by atoms with E-state index in [2.05, 4.69) is 4.98 Å². The molecular formula is C11H16N2O3S. The van der Waals surface area contributed by atoms with Gasteiger partial charge in [0.2, 0.25) is 0 Å². The molecule has 1 atom stereocenters. The molecule has 1 fully saturated rings. The Balaban J connectivity index is 2.17. The lowest BCUT2D eigenvalue weighted by molar-refractivity contribution is 0.0923. The van der Waals surface area contributed by atoms with Crippen molar-refractivity contribution in [3.63, 3.8) is 0 Å². The maximum Gasteiger partial charge on any atom is 0.184 e. The smallest absolute Gasteiger partial charge is 0.184 e. The minimum absolute atomic E-state index is 0.0108. The number of sulfone groups is 1. The number of hydrogen-bond donors (Lipinski definition) is 0. The summed E-state index contributed by atoms with van der Waals surface area (Å²) in [6.45, 7) is 2.76. The number of carbonyl (C=O) groups is 1. The number of aromatic nitrogens is 2. The van der Waals surface area contributed by atoms with Crippen LogP contribution in [0.5, 0.6) is 0 Å². The Hall–Kier alpha value is -1.17. The van der Waals surface area contributed by atoms with E-state index >= 15 is 0 Å². The summed E-state index contributed by atoms with van der Waals surface area (Å²) < 4.78 is 24.5. The van der Waals surface area contributed by atoms with E-state index in [0.29, 0.717) is 12.1 Å². The van der Waals surface area contributed by atoms with E-state index in [-0.39, 0.29) is 23.2 Å². The minimum Gasteiger partial charge on any atom is -0.328 e. The Morgan fingerprint density at radius 1 is 1.59 bits per heavy atom. The van der Waals surface area contributed by atoms with Crippen molar-refractivity contribution in [3.05, 3.63) is 18.2 Å². The Kier molecular flexibility index (Phi) is 3.33. The van der Waals surface area contributed by atoms with Crippen LogP contribution in [0.1, 0.15) is 30.3 Å². The third-order valence-electron chi connectivity index (χ3n) is 3.03. The van der Waals surface area contributed by atoms with Gasteiger partial charge in [0.15, 0.2) is 15.6 Å². The second kappa shape index (κ2) is 4.60. The van der Waals surface area contributed by atoms with Crippen LogP contribution < -0.4 is 0 Å². The molecule has 1 aromatic rings. The van der Waals surface area contributed by atoms with Crippen LogP contribution in [-0.2, 0) is 16.4 Å². The summed E-state index contributed by atoms with van der Waals surface area (Å²) in [6, 6.07) is 0. The lowest BCUT2D eigenvalue weighted by Crippen LogP contribution is -2.19. The summed E-state index contributed by atoms with van der Waals surface area (Å²) in [5.74, 6) is -0.349. The summed E-state index contributed by atoms with van der Waals surface area (Å²) in [6.07, 6.45) is 4.52. The number of rotatable bonds is 4. The van der Waals surface area contributed by atoms with Crippen LogP contribution in [0, 0.1) is 5.92 Å². The fourth-order valence-electron chi connectivity index (χ4n) is 2.16. The summed E-state index contributed by atoms with van der Waals surface area (Å²) in [7, 11) is -3.01. The van der Waals surface area contributed by atoms with Gasteiger partial charge < -0.3 is 4.57 Å². The molecule has 0 amide bonds. The molecule has 0 saturated carbocycles. The topological polar surface area (TPSA) is 69.0 Å². The Morgan fingerprint density at radius 2 is 2.35 bits per heavy atom. The molecule has 0 spiro atoms. The molecule has 94 valence electrons. The first-order valence-electron chi connectivity index (χ1n) is 5.78. The van der Waals surface area contributed by atoms with Crippen LogP contribution >= 0.6 is 0 Å². The third-order valence-corrected chi connectivity index (χ3v) is 4.80. The van der Waals surface area contributed by atoms with Crippen molar-refractivity contribution >= 4 is 15.6 Å². The first kappa shape index (κ1) is 12.3.